The summed E-state index contributed by atoms with van der Waals surface area (Å²) < 4.78 is 23.2. The summed E-state index contributed by atoms with van der Waals surface area (Å²) in [7, 11) is 0. The van der Waals surface area contributed by atoms with Crippen LogP contribution in [0.5, 0.6) is 11.5 Å². The zero-order chi connectivity index (χ0) is 18.7. The molecule has 1 N–H and O–H groups in total. The Morgan fingerprint density at radius 2 is 1.92 bits per heavy atom. The summed E-state index contributed by atoms with van der Waals surface area (Å²) >= 11 is 0. The molecule has 0 unspecified atom stereocenters. The first-order valence-electron chi connectivity index (χ1n) is 7.24. The standard InChI is InChI=1S/C17H10FN3O5/c18-12-1-3-13(4-2-12)20-17(22)11(8-19)5-10-6-15-16(26-9-25-15)7-14(10)21(23)24/h1-7H,9H2,(H,20,22)/b11-5-. The second-order valence-corrected chi connectivity index (χ2v) is 5.15. The molecule has 0 fully saturated rings. The van der Waals surface area contributed by atoms with Gasteiger partial charge in [-0.2, -0.15) is 5.26 Å². The third-order valence-electron chi connectivity index (χ3n) is 3.49. The fourth-order valence-corrected chi connectivity index (χ4v) is 2.26. The Hall–Kier alpha value is -3.93. The fourth-order valence-electron chi connectivity index (χ4n) is 2.26. The van der Waals surface area contributed by atoms with Gasteiger partial charge in [0.15, 0.2) is 11.5 Å². The number of nitrogens with one attached hydrogen (secondary N) is 1. The molecule has 0 aliphatic carbocycles. The molecule has 0 radical (unpaired) electrons. The van der Waals surface area contributed by atoms with Crippen LogP contribution in [0.1, 0.15) is 5.56 Å². The van der Waals surface area contributed by atoms with Gasteiger partial charge >= 0.3 is 0 Å². The number of carbonyl (C=O) groups excluding carboxylic acids is 1. The molecule has 0 spiro atoms. The molecule has 130 valence electrons. The minimum atomic E-state index is -0.786. The Labute approximate surface area is 146 Å². The summed E-state index contributed by atoms with van der Waals surface area (Å²) in [5, 5.41) is 22.9. The number of anilines is 1. The summed E-state index contributed by atoms with van der Waals surface area (Å²) in [4.78, 5) is 22.8. The summed E-state index contributed by atoms with van der Waals surface area (Å²) in [6.45, 7) is -0.0736. The van der Waals surface area contributed by atoms with Gasteiger partial charge in [-0.05, 0) is 36.4 Å². The highest BCUT2D eigenvalue weighted by molar-refractivity contribution is 6.10. The predicted octanol–water partition coefficient (Wildman–Crippen LogP) is 3.01. The highest BCUT2D eigenvalue weighted by atomic mass is 19.1. The van der Waals surface area contributed by atoms with Crippen LogP contribution in [0.25, 0.3) is 6.08 Å². The third kappa shape index (κ3) is 3.44. The maximum absolute atomic E-state index is 12.9. The van der Waals surface area contributed by atoms with Crippen molar-refractivity contribution in [3.8, 4) is 17.6 Å². The second-order valence-electron chi connectivity index (χ2n) is 5.15. The van der Waals surface area contributed by atoms with Gasteiger partial charge < -0.3 is 14.8 Å². The van der Waals surface area contributed by atoms with E-state index in [1.54, 1.807) is 6.07 Å². The first kappa shape index (κ1) is 16.9. The van der Waals surface area contributed by atoms with Crippen LogP contribution in [0.2, 0.25) is 0 Å². The molecule has 2 aromatic rings. The van der Waals surface area contributed by atoms with Crippen molar-refractivity contribution < 1.29 is 23.6 Å². The van der Waals surface area contributed by atoms with E-state index in [4.69, 9.17) is 9.47 Å². The number of fused-ring (bicyclic) bond motifs is 1. The Balaban J connectivity index is 1.93. The van der Waals surface area contributed by atoms with Crippen molar-refractivity contribution in [2.45, 2.75) is 0 Å². The van der Waals surface area contributed by atoms with Crippen LogP contribution in [0.4, 0.5) is 15.8 Å². The number of carbonyl (C=O) groups is 1. The molecule has 0 atom stereocenters. The maximum Gasteiger partial charge on any atom is 0.280 e. The van der Waals surface area contributed by atoms with Crippen molar-refractivity contribution in [3.63, 3.8) is 0 Å². The maximum atomic E-state index is 12.9. The topological polar surface area (TPSA) is 114 Å². The quantitative estimate of drug-likeness (QED) is 0.390. The Morgan fingerprint density at radius 1 is 1.27 bits per heavy atom. The van der Waals surface area contributed by atoms with Gasteiger partial charge in [0.05, 0.1) is 16.6 Å². The normalized spacial score (nSPS) is 12.4. The number of nitrogens with zero attached hydrogens (tertiary/aromatic N) is 2. The van der Waals surface area contributed by atoms with E-state index >= 15 is 0 Å². The molecule has 0 saturated carbocycles. The number of hydrogen-bond donors (Lipinski definition) is 1. The van der Waals surface area contributed by atoms with Crippen molar-refractivity contribution in [2.24, 2.45) is 0 Å². The molecule has 26 heavy (non-hydrogen) atoms. The average molecular weight is 355 g/mol. The largest absolute Gasteiger partial charge is 0.454 e. The molecule has 1 amide bonds. The minimum absolute atomic E-state index is 0.0186. The number of amides is 1. The van der Waals surface area contributed by atoms with Gasteiger partial charge in [0.25, 0.3) is 11.6 Å². The van der Waals surface area contributed by atoms with E-state index in [1.165, 1.54) is 24.3 Å². The lowest BCUT2D eigenvalue weighted by atomic mass is 10.1. The van der Waals surface area contributed by atoms with E-state index in [0.717, 1.165) is 18.2 Å². The van der Waals surface area contributed by atoms with Crippen molar-refractivity contribution in [2.75, 3.05) is 12.1 Å². The van der Waals surface area contributed by atoms with Gasteiger partial charge in [0.2, 0.25) is 6.79 Å². The smallest absolute Gasteiger partial charge is 0.280 e. The lowest BCUT2D eigenvalue weighted by Gasteiger charge is -2.05. The molecular formula is C17H10FN3O5. The number of halogens is 1. The Bertz CT molecular complexity index is 964. The zero-order valence-corrected chi connectivity index (χ0v) is 13.1. The third-order valence-corrected chi connectivity index (χ3v) is 3.49. The molecule has 1 aliphatic heterocycles. The van der Waals surface area contributed by atoms with Gasteiger partial charge in [0, 0.05) is 5.69 Å². The van der Waals surface area contributed by atoms with Crippen LogP contribution in [0, 0.1) is 27.3 Å². The van der Waals surface area contributed by atoms with Gasteiger partial charge in [-0.25, -0.2) is 4.39 Å². The molecular weight excluding hydrogens is 345 g/mol. The average Bonchev–Trinajstić information content (AvgIpc) is 3.08. The summed E-state index contributed by atoms with van der Waals surface area (Å²) in [6.07, 6.45) is 1.08. The summed E-state index contributed by atoms with van der Waals surface area (Å²) in [5.41, 5.74) is -0.407. The molecule has 1 aliphatic rings. The van der Waals surface area contributed by atoms with Crippen molar-refractivity contribution in [1.29, 1.82) is 5.26 Å². The molecule has 2 aromatic carbocycles. The number of nitro groups is 1. The van der Waals surface area contributed by atoms with E-state index in [-0.39, 0.29) is 40.8 Å². The minimum Gasteiger partial charge on any atom is -0.454 e. The van der Waals surface area contributed by atoms with Crippen molar-refractivity contribution in [3.05, 3.63) is 63.5 Å². The molecule has 9 heteroatoms. The summed E-state index contributed by atoms with van der Waals surface area (Å²) in [6, 6.07) is 9.13. The molecule has 0 saturated heterocycles. The SMILES string of the molecule is N#C/C(=C/c1cc2c(cc1[N+](=O)[O-])OCO2)C(=O)Nc1ccc(F)cc1. The van der Waals surface area contributed by atoms with Crippen LogP contribution >= 0.6 is 0 Å². The van der Waals surface area contributed by atoms with Crippen molar-refractivity contribution in [1.82, 2.24) is 0 Å². The zero-order valence-electron chi connectivity index (χ0n) is 13.1. The number of hydrogen-bond acceptors (Lipinski definition) is 6. The van der Waals surface area contributed by atoms with Gasteiger partial charge in [-0.3, -0.25) is 14.9 Å². The monoisotopic (exact) mass is 355 g/mol. The van der Waals surface area contributed by atoms with Crippen molar-refractivity contribution >= 4 is 23.4 Å². The molecule has 3 rings (SSSR count). The fraction of sp³-hybridized carbons (Fsp3) is 0.0588. The Morgan fingerprint density at radius 3 is 2.54 bits per heavy atom. The van der Waals surface area contributed by atoms with Gasteiger partial charge in [0.1, 0.15) is 17.5 Å². The van der Waals surface area contributed by atoms with Crippen LogP contribution in [0.15, 0.2) is 42.0 Å². The highest BCUT2D eigenvalue weighted by Crippen LogP contribution is 2.38. The van der Waals surface area contributed by atoms with Crippen LogP contribution < -0.4 is 14.8 Å². The van der Waals surface area contributed by atoms with Crippen LogP contribution in [-0.2, 0) is 4.79 Å². The number of rotatable bonds is 4. The first-order chi connectivity index (χ1) is 12.5. The molecule has 8 nitrogen and oxygen atoms in total. The first-order valence-corrected chi connectivity index (χ1v) is 7.24. The summed E-state index contributed by atoms with van der Waals surface area (Å²) in [5.74, 6) is -0.776. The second kappa shape index (κ2) is 6.90. The molecule has 0 aromatic heterocycles. The lowest BCUT2D eigenvalue weighted by Crippen LogP contribution is -2.13. The number of nitriles is 1. The van der Waals surface area contributed by atoms with Gasteiger partial charge in [-0.15, -0.1) is 0 Å². The lowest BCUT2D eigenvalue weighted by molar-refractivity contribution is -0.385. The van der Waals surface area contributed by atoms with E-state index in [9.17, 15) is 24.6 Å². The predicted molar refractivity (Wildman–Crippen MR) is 87.8 cm³/mol. The van der Waals surface area contributed by atoms with E-state index < -0.39 is 16.6 Å². The number of ether oxygens (including phenoxy) is 2. The number of benzene rings is 2. The Kier molecular flexibility index (Phi) is 4.49. The van der Waals surface area contributed by atoms with E-state index in [0.29, 0.717) is 0 Å². The van der Waals surface area contributed by atoms with Gasteiger partial charge in [-0.1, -0.05) is 0 Å². The highest BCUT2D eigenvalue weighted by Gasteiger charge is 2.23. The van der Waals surface area contributed by atoms with Crippen LogP contribution in [-0.4, -0.2) is 17.6 Å². The van der Waals surface area contributed by atoms with E-state index in [1.807, 2.05) is 0 Å². The molecule has 0 bridgehead atoms. The number of nitro benzene ring substituents is 1. The molecule has 1 heterocycles. The van der Waals surface area contributed by atoms with Crippen LogP contribution in [0.3, 0.4) is 0 Å². The van der Waals surface area contributed by atoms with E-state index in [2.05, 4.69) is 5.32 Å².